The Morgan fingerprint density at radius 2 is 1.87 bits per heavy atom. The molecule has 2 heteroatoms. The molecule has 2 nitrogen and oxygen atoms in total. The normalized spacial score (nSPS) is 39.8. The molecule has 2 heterocycles. The Labute approximate surface area is 94.6 Å². The highest BCUT2D eigenvalue weighted by Crippen LogP contribution is 2.30. The summed E-state index contributed by atoms with van der Waals surface area (Å²) in [4.78, 5) is 5.33. The molecule has 2 fully saturated rings. The third kappa shape index (κ3) is 2.21. The van der Waals surface area contributed by atoms with Crippen LogP contribution in [0.4, 0.5) is 0 Å². The van der Waals surface area contributed by atoms with Gasteiger partial charge in [-0.1, -0.05) is 13.3 Å². The van der Waals surface area contributed by atoms with E-state index in [0.29, 0.717) is 0 Å². The molecule has 0 radical (unpaired) electrons. The minimum absolute atomic E-state index is 0.802. The third-order valence-electron chi connectivity index (χ3n) is 4.61. The van der Waals surface area contributed by atoms with Crippen molar-refractivity contribution in [2.24, 2.45) is 0 Å². The summed E-state index contributed by atoms with van der Waals surface area (Å²) in [6, 6.07) is 2.48. The van der Waals surface area contributed by atoms with E-state index in [1.54, 1.807) is 0 Å². The van der Waals surface area contributed by atoms with Crippen LogP contribution < -0.4 is 0 Å². The van der Waals surface area contributed by atoms with E-state index >= 15 is 0 Å². The van der Waals surface area contributed by atoms with Crippen molar-refractivity contribution in [1.82, 2.24) is 9.80 Å². The van der Waals surface area contributed by atoms with Gasteiger partial charge in [-0.2, -0.15) is 0 Å². The van der Waals surface area contributed by atoms with Gasteiger partial charge in [-0.3, -0.25) is 9.80 Å². The quantitative estimate of drug-likeness (QED) is 0.690. The van der Waals surface area contributed by atoms with Crippen molar-refractivity contribution in [3.8, 4) is 0 Å². The molecule has 0 aromatic rings. The molecule has 2 rings (SSSR count). The first-order chi connectivity index (χ1) is 7.24. The molecule has 2 aliphatic heterocycles. The van der Waals surface area contributed by atoms with Crippen molar-refractivity contribution >= 4 is 0 Å². The number of rotatable bonds is 2. The lowest BCUT2D eigenvalue weighted by molar-refractivity contribution is 0.0777. The van der Waals surface area contributed by atoms with Crippen LogP contribution in [0.3, 0.4) is 0 Å². The summed E-state index contributed by atoms with van der Waals surface area (Å²) in [6.07, 6.45) is 7.10. The van der Waals surface area contributed by atoms with Crippen molar-refractivity contribution in [2.75, 3.05) is 20.1 Å². The van der Waals surface area contributed by atoms with Gasteiger partial charge < -0.3 is 0 Å². The van der Waals surface area contributed by atoms with Gasteiger partial charge >= 0.3 is 0 Å². The van der Waals surface area contributed by atoms with Crippen LogP contribution in [-0.2, 0) is 0 Å². The largest absolute Gasteiger partial charge is 0.299 e. The van der Waals surface area contributed by atoms with Crippen molar-refractivity contribution in [3.05, 3.63) is 0 Å². The number of nitrogens with zero attached hydrogens (tertiary/aromatic N) is 2. The molecule has 88 valence electrons. The van der Waals surface area contributed by atoms with Gasteiger partial charge in [-0.05, 0) is 52.7 Å². The maximum atomic E-state index is 2.71. The molecule has 3 atom stereocenters. The van der Waals surface area contributed by atoms with E-state index in [1.165, 1.54) is 45.2 Å². The fourth-order valence-electron chi connectivity index (χ4n) is 3.46. The zero-order chi connectivity index (χ0) is 10.8. The fraction of sp³-hybridized carbons (Fsp3) is 1.00. The lowest BCUT2D eigenvalue weighted by Gasteiger charge is -2.41. The number of piperidine rings is 1. The van der Waals surface area contributed by atoms with Crippen LogP contribution in [0.15, 0.2) is 0 Å². The SMILES string of the molecule is CCN1CCCCC1C1CC[C@H](C)N1C. The van der Waals surface area contributed by atoms with Crippen LogP contribution in [0.25, 0.3) is 0 Å². The number of likely N-dealkylation sites (N-methyl/N-ethyl adjacent to an activating group) is 2. The average Bonchev–Trinajstić information content (AvgIpc) is 2.60. The van der Waals surface area contributed by atoms with Gasteiger partial charge in [0, 0.05) is 18.1 Å². The summed E-state index contributed by atoms with van der Waals surface area (Å²) >= 11 is 0. The van der Waals surface area contributed by atoms with Crippen LogP contribution in [0.2, 0.25) is 0 Å². The van der Waals surface area contributed by atoms with E-state index in [2.05, 4.69) is 30.7 Å². The molecule has 0 aromatic heterocycles. The average molecular weight is 210 g/mol. The maximum absolute atomic E-state index is 2.71. The Morgan fingerprint density at radius 1 is 1.07 bits per heavy atom. The lowest BCUT2D eigenvalue weighted by atomic mass is 9.94. The summed E-state index contributed by atoms with van der Waals surface area (Å²) in [5, 5.41) is 0. The predicted octanol–water partition coefficient (Wildman–Crippen LogP) is 2.34. The minimum Gasteiger partial charge on any atom is -0.299 e. The first kappa shape index (κ1) is 11.4. The second-order valence-electron chi connectivity index (χ2n) is 5.35. The summed E-state index contributed by atoms with van der Waals surface area (Å²) in [5.74, 6) is 0. The van der Waals surface area contributed by atoms with Gasteiger partial charge in [0.15, 0.2) is 0 Å². The molecule has 0 amide bonds. The van der Waals surface area contributed by atoms with Gasteiger partial charge in [0.1, 0.15) is 0 Å². The van der Waals surface area contributed by atoms with Crippen LogP contribution in [0, 0.1) is 0 Å². The molecule has 2 unspecified atom stereocenters. The Kier molecular flexibility index (Phi) is 3.68. The molecule has 0 aliphatic carbocycles. The molecular weight excluding hydrogens is 184 g/mol. The molecular formula is C13H26N2. The fourth-order valence-corrected chi connectivity index (χ4v) is 3.46. The van der Waals surface area contributed by atoms with Crippen molar-refractivity contribution in [2.45, 2.75) is 64.1 Å². The summed E-state index contributed by atoms with van der Waals surface area (Å²) < 4.78 is 0. The van der Waals surface area contributed by atoms with E-state index in [9.17, 15) is 0 Å². The monoisotopic (exact) mass is 210 g/mol. The Morgan fingerprint density at radius 3 is 2.47 bits per heavy atom. The highest BCUT2D eigenvalue weighted by molar-refractivity contribution is 4.93. The number of likely N-dealkylation sites (tertiary alicyclic amines) is 2. The van der Waals surface area contributed by atoms with Gasteiger partial charge in [-0.25, -0.2) is 0 Å². The second kappa shape index (κ2) is 4.84. The number of hydrogen-bond acceptors (Lipinski definition) is 2. The highest BCUT2D eigenvalue weighted by atomic mass is 15.3. The Hall–Kier alpha value is -0.0800. The van der Waals surface area contributed by atoms with Crippen LogP contribution in [-0.4, -0.2) is 48.1 Å². The maximum Gasteiger partial charge on any atom is 0.0251 e. The minimum atomic E-state index is 0.802. The van der Waals surface area contributed by atoms with E-state index in [0.717, 1.165) is 18.1 Å². The Balaban J connectivity index is 2.01. The Bertz CT molecular complexity index is 205. The summed E-state index contributed by atoms with van der Waals surface area (Å²) in [6.45, 7) is 7.26. The molecule has 0 N–H and O–H groups in total. The van der Waals surface area contributed by atoms with E-state index in [-0.39, 0.29) is 0 Å². The molecule has 2 aliphatic rings. The smallest absolute Gasteiger partial charge is 0.0251 e. The summed E-state index contributed by atoms with van der Waals surface area (Å²) in [5.41, 5.74) is 0. The summed E-state index contributed by atoms with van der Waals surface area (Å²) in [7, 11) is 2.32. The first-order valence-corrected chi connectivity index (χ1v) is 6.70. The molecule has 15 heavy (non-hydrogen) atoms. The van der Waals surface area contributed by atoms with Gasteiger partial charge in [0.05, 0.1) is 0 Å². The van der Waals surface area contributed by atoms with Gasteiger partial charge in [-0.15, -0.1) is 0 Å². The van der Waals surface area contributed by atoms with Crippen molar-refractivity contribution < 1.29 is 0 Å². The van der Waals surface area contributed by atoms with E-state index in [4.69, 9.17) is 0 Å². The highest BCUT2D eigenvalue weighted by Gasteiger charge is 2.36. The second-order valence-corrected chi connectivity index (χ2v) is 5.35. The first-order valence-electron chi connectivity index (χ1n) is 6.70. The van der Waals surface area contributed by atoms with Crippen molar-refractivity contribution in [1.29, 1.82) is 0 Å². The standard InChI is InChI=1S/C13H26N2/c1-4-15-10-6-5-7-13(15)12-9-8-11(2)14(12)3/h11-13H,4-10H2,1-3H3/t11-,12?,13?/m0/s1. The topological polar surface area (TPSA) is 6.48 Å². The van der Waals surface area contributed by atoms with Crippen LogP contribution in [0.1, 0.15) is 46.0 Å². The van der Waals surface area contributed by atoms with Crippen LogP contribution >= 0.6 is 0 Å². The molecule has 0 bridgehead atoms. The predicted molar refractivity (Wildman–Crippen MR) is 65.1 cm³/mol. The number of hydrogen-bond donors (Lipinski definition) is 0. The molecule has 0 aromatic carbocycles. The third-order valence-corrected chi connectivity index (χ3v) is 4.61. The molecule has 2 saturated heterocycles. The lowest BCUT2D eigenvalue weighted by Crippen LogP contribution is -2.51. The molecule has 0 saturated carbocycles. The zero-order valence-corrected chi connectivity index (χ0v) is 10.6. The van der Waals surface area contributed by atoms with Crippen molar-refractivity contribution in [3.63, 3.8) is 0 Å². The zero-order valence-electron chi connectivity index (χ0n) is 10.6. The molecule has 0 spiro atoms. The van der Waals surface area contributed by atoms with Gasteiger partial charge in [0.2, 0.25) is 0 Å². The van der Waals surface area contributed by atoms with E-state index in [1.807, 2.05) is 0 Å². The van der Waals surface area contributed by atoms with Crippen LogP contribution in [0.5, 0.6) is 0 Å². The van der Waals surface area contributed by atoms with E-state index < -0.39 is 0 Å². The van der Waals surface area contributed by atoms with Gasteiger partial charge in [0.25, 0.3) is 0 Å².